The van der Waals surface area contributed by atoms with Gasteiger partial charge in [-0.2, -0.15) is 0 Å². The molecule has 4 rings (SSSR count). The third-order valence-corrected chi connectivity index (χ3v) is 9.21. The fourth-order valence-electron chi connectivity index (χ4n) is 7.01. The van der Waals surface area contributed by atoms with E-state index in [1.54, 1.807) is 13.8 Å². The molecule has 14 nitrogen and oxygen atoms in total. The summed E-state index contributed by atoms with van der Waals surface area (Å²) in [5.41, 5.74) is 3.30. The van der Waals surface area contributed by atoms with E-state index in [1.165, 1.54) is 15.8 Å². The van der Waals surface area contributed by atoms with E-state index < -0.39 is 59.2 Å². The molecule has 0 bridgehead atoms. The van der Waals surface area contributed by atoms with Crippen LogP contribution in [0.5, 0.6) is 0 Å². The van der Waals surface area contributed by atoms with Crippen LogP contribution in [-0.2, 0) is 20.0 Å². The molecule has 7 N–H and O–H groups in total. The highest BCUT2D eigenvalue weighted by Gasteiger charge is 2.49. The highest BCUT2D eigenvalue weighted by molar-refractivity contribution is 5.92. The summed E-state index contributed by atoms with van der Waals surface area (Å²) in [5.74, 6) is -1.85. The maximum absolute atomic E-state index is 14.1. The van der Waals surface area contributed by atoms with Crippen LogP contribution in [0.2, 0.25) is 0 Å². The van der Waals surface area contributed by atoms with Gasteiger partial charge in [0.1, 0.15) is 17.7 Å². The molecule has 234 valence electrons. The molecule has 3 aliphatic rings. The molecule has 3 fully saturated rings. The molecule has 2 heterocycles. The maximum atomic E-state index is 14.1. The van der Waals surface area contributed by atoms with E-state index in [4.69, 9.17) is 5.73 Å². The highest BCUT2D eigenvalue weighted by Crippen LogP contribution is 2.36. The Morgan fingerprint density at radius 1 is 1.12 bits per heavy atom. The summed E-state index contributed by atoms with van der Waals surface area (Å²) in [7, 11) is 0. The van der Waals surface area contributed by atoms with Crippen LogP contribution in [0, 0.1) is 5.92 Å². The Kier molecular flexibility index (Phi) is 9.76. The van der Waals surface area contributed by atoms with Gasteiger partial charge in [0.05, 0.1) is 23.5 Å². The first kappa shape index (κ1) is 31.7. The maximum Gasteiger partial charge on any atom is 0.405 e. The standard InChI is InChI=1S/C28H45N7O7/c1-27(2,42)21-15-30-33-35(21)18-14-20(24(38)32-28(22(36)23(29)37)11-7-4-8-12-28)34(16-18)25(39)19(31-26(40)41)13-17-9-5-3-6-10-17/h15,17-20,22,31,36,42H,3-14,16H2,1-2H3,(H2,29,37)(H,32,38)(H,40,41)/t18-,19+,20-,22?/m0/s1. The molecular formula is C28H45N7O7. The Morgan fingerprint density at radius 2 is 1.76 bits per heavy atom. The van der Waals surface area contributed by atoms with Crippen LogP contribution in [0.3, 0.4) is 0 Å². The van der Waals surface area contributed by atoms with Crippen molar-refractivity contribution in [1.29, 1.82) is 0 Å². The fourth-order valence-corrected chi connectivity index (χ4v) is 7.01. The fraction of sp³-hybridized carbons (Fsp3) is 0.786. The minimum atomic E-state index is -1.60. The second kappa shape index (κ2) is 12.9. The Morgan fingerprint density at radius 3 is 2.36 bits per heavy atom. The Balaban J connectivity index is 1.65. The minimum absolute atomic E-state index is 0.0250. The Hall–Kier alpha value is -3.26. The van der Waals surface area contributed by atoms with Crippen molar-refractivity contribution < 1.29 is 34.5 Å². The summed E-state index contributed by atoms with van der Waals surface area (Å²) in [6, 6.07) is -2.65. The van der Waals surface area contributed by atoms with Gasteiger partial charge in [-0.1, -0.05) is 56.6 Å². The molecular weight excluding hydrogens is 546 g/mol. The zero-order valence-electron chi connectivity index (χ0n) is 24.5. The summed E-state index contributed by atoms with van der Waals surface area (Å²) >= 11 is 0. The predicted molar refractivity (Wildman–Crippen MR) is 150 cm³/mol. The van der Waals surface area contributed by atoms with E-state index >= 15 is 0 Å². The molecule has 4 amide bonds. The zero-order valence-corrected chi connectivity index (χ0v) is 24.5. The summed E-state index contributed by atoms with van der Waals surface area (Å²) in [6.45, 7) is 3.19. The normalized spacial score (nSPS) is 24.5. The Labute approximate surface area is 245 Å². The second-order valence-electron chi connectivity index (χ2n) is 12.8. The highest BCUT2D eigenvalue weighted by atomic mass is 16.4. The van der Waals surface area contributed by atoms with Crippen LogP contribution < -0.4 is 16.4 Å². The zero-order chi connectivity index (χ0) is 30.7. The van der Waals surface area contributed by atoms with Crippen molar-refractivity contribution in [3.63, 3.8) is 0 Å². The van der Waals surface area contributed by atoms with Crippen LogP contribution in [0.1, 0.15) is 103 Å². The topological polar surface area (TPSA) is 213 Å². The van der Waals surface area contributed by atoms with Gasteiger partial charge in [0, 0.05) is 13.0 Å². The number of carbonyl (C=O) groups excluding carboxylic acids is 3. The van der Waals surface area contributed by atoms with E-state index in [2.05, 4.69) is 20.9 Å². The Bertz CT molecular complexity index is 1140. The summed E-state index contributed by atoms with van der Waals surface area (Å²) in [5, 5.41) is 44.4. The number of primary amides is 1. The number of hydrogen-bond acceptors (Lipinski definition) is 8. The van der Waals surface area contributed by atoms with Gasteiger partial charge in [-0.3, -0.25) is 14.4 Å². The average Bonchev–Trinajstić information content (AvgIpc) is 3.61. The largest absolute Gasteiger partial charge is 0.465 e. The van der Waals surface area contributed by atoms with Gasteiger partial charge in [-0.05, 0) is 39.0 Å². The van der Waals surface area contributed by atoms with Gasteiger partial charge in [-0.25, -0.2) is 9.48 Å². The van der Waals surface area contributed by atoms with Crippen molar-refractivity contribution in [1.82, 2.24) is 30.5 Å². The van der Waals surface area contributed by atoms with E-state index in [9.17, 15) is 34.5 Å². The van der Waals surface area contributed by atoms with Crippen molar-refractivity contribution in [3.05, 3.63) is 11.9 Å². The number of aliphatic hydroxyl groups excluding tert-OH is 1. The number of nitrogens with one attached hydrogen (secondary N) is 2. The monoisotopic (exact) mass is 591 g/mol. The number of rotatable bonds is 10. The number of hydrogen-bond donors (Lipinski definition) is 6. The number of carbonyl (C=O) groups is 4. The first-order valence-electron chi connectivity index (χ1n) is 15.0. The molecule has 0 radical (unpaired) electrons. The smallest absolute Gasteiger partial charge is 0.405 e. The number of aliphatic hydroxyl groups is 2. The lowest BCUT2D eigenvalue weighted by atomic mass is 9.77. The predicted octanol–water partition coefficient (Wildman–Crippen LogP) is 0.919. The van der Waals surface area contributed by atoms with Crippen molar-refractivity contribution in [3.8, 4) is 0 Å². The van der Waals surface area contributed by atoms with Crippen LogP contribution in [0.15, 0.2) is 6.20 Å². The van der Waals surface area contributed by atoms with Gasteiger partial charge in [0.25, 0.3) is 0 Å². The molecule has 4 atom stereocenters. The summed E-state index contributed by atoms with van der Waals surface area (Å²) in [6.07, 6.45) is 6.83. The third kappa shape index (κ3) is 7.02. The van der Waals surface area contributed by atoms with Crippen LogP contribution >= 0.6 is 0 Å². The number of aromatic nitrogens is 3. The van der Waals surface area contributed by atoms with Crippen molar-refractivity contribution in [2.45, 2.75) is 126 Å². The summed E-state index contributed by atoms with van der Waals surface area (Å²) in [4.78, 5) is 53.2. The van der Waals surface area contributed by atoms with Crippen molar-refractivity contribution in [2.75, 3.05) is 6.54 Å². The van der Waals surface area contributed by atoms with E-state index in [-0.39, 0.29) is 18.9 Å². The molecule has 2 aliphatic carbocycles. The number of amides is 4. The van der Waals surface area contributed by atoms with E-state index in [1.807, 2.05) is 0 Å². The first-order valence-corrected chi connectivity index (χ1v) is 15.0. The van der Waals surface area contributed by atoms with Crippen molar-refractivity contribution in [2.24, 2.45) is 11.7 Å². The molecule has 14 heteroatoms. The molecule has 0 aromatic carbocycles. The van der Waals surface area contributed by atoms with Gasteiger partial charge in [-0.15, -0.1) is 5.10 Å². The lowest BCUT2D eigenvalue weighted by molar-refractivity contribution is -0.143. The summed E-state index contributed by atoms with van der Waals surface area (Å²) < 4.78 is 1.50. The lowest BCUT2D eigenvalue weighted by Crippen LogP contribution is -2.64. The van der Waals surface area contributed by atoms with Crippen LogP contribution in [-0.4, -0.2) is 89.3 Å². The third-order valence-electron chi connectivity index (χ3n) is 9.21. The average molecular weight is 592 g/mol. The molecule has 1 saturated heterocycles. The number of carboxylic acid groups (broad SMARTS) is 1. The minimum Gasteiger partial charge on any atom is -0.465 e. The molecule has 2 saturated carbocycles. The number of nitrogens with two attached hydrogens (primary N) is 1. The quantitative estimate of drug-likeness (QED) is 0.228. The van der Waals surface area contributed by atoms with Gasteiger partial charge in [0.15, 0.2) is 6.10 Å². The van der Waals surface area contributed by atoms with E-state index in [0.717, 1.165) is 38.5 Å². The van der Waals surface area contributed by atoms with Gasteiger partial charge >= 0.3 is 6.09 Å². The van der Waals surface area contributed by atoms with Gasteiger partial charge < -0.3 is 36.6 Å². The molecule has 1 unspecified atom stereocenters. The van der Waals surface area contributed by atoms with E-state index in [0.29, 0.717) is 37.8 Å². The molecule has 1 aromatic heterocycles. The molecule has 1 aliphatic heterocycles. The first-order chi connectivity index (χ1) is 19.8. The SMILES string of the molecule is CC(C)(O)c1cnnn1[C@H]1C[C@@H](C(=O)NC2(C(O)C(N)=O)CCCCC2)N(C(=O)[C@@H](CC2CCCCC2)NC(=O)O)C1. The number of nitrogens with zero attached hydrogens (tertiary/aromatic N) is 4. The van der Waals surface area contributed by atoms with Crippen LogP contribution in [0.4, 0.5) is 4.79 Å². The van der Waals surface area contributed by atoms with Crippen LogP contribution in [0.25, 0.3) is 0 Å². The molecule has 42 heavy (non-hydrogen) atoms. The lowest BCUT2D eigenvalue weighted by Gasteiger charge is -2.41. The second-order valence-corrected chi connectivity index (χ2v) is 12.8. The molecule has 0 spiro atoms. The van der Waals surface area contributed by atoms with Crippen molar-refractivity contribution >= 4 is 23.8 Å². The number of likely N-dealkylation sites (tertiary alicyclic amines) is 1. The van der Waals surface area contributed by atoms with Gasteiger partial charge in [0.2, 0.25) is 17.7 Å². The molecule has 1 aromatic rings.